The monoisotopic (exact) mass is 381 g/mol. The number of carbonyl (C=O) groups excluding carboxylic acids is 1. The molecule has 0 unspecified atom stereocenters. The molecule has 0 radical (unpaired) electrons. The van der Waals surface area contributed by atoms with E-state index in [1.165, 1.54) is 6.07 Å². The maximum absolute atomic E-state index is 12.7. The number of anilines is 1. The lowest BCUT2D eigenvalue weighted by Gasteiger charge is -2.23. The maximum Gasteiger partial charge on any atom is 0.255 e. The molecular formula is C20H19N3O3S. The van der Waals surface area contributed by atoms with E-state index in [1.807, 2.05) is 6.92 Å². The number of hydrogen-bond donors (Lipinski definition) is 1. The Bertz CT molecular complexity index is 1060. The van der Waals surface area contributed by atoms with Crippen molar-refractivity contribution in [2.45, 2.75) is 18.7 Å². The second kappa shape index (κ2) is 7.59. The molecule has 6 nitrogen and oxygen atoms in total. The van der Waals surface area contributed by atoms with Crippen molar-refractivity contribution in [2.75, 3.05) is 5.32 Å². The van der Waals surface area contributed by atoms with Crippen molar-refractivity contribution in [2.24, 2.45) is 0 Å². The number of hydrogen-bond acceptors (Lipinski definition) is 3. The Hall–Kier alpha value is -3.19. The smallest absolute Gasteiger partial charge is 0.255 e. The molecule has 2 aromatic carbocycles. The number of pyridine rings is 1. The van der Waals surface area contributed by atoms with Crippen molar-refractivity contribution >= 4 is 27.3 Å². The highest BCUT2D eigenvalue weighted by Crippen LogP contribution is 2.30. The van der Waals surface area contributed by atoms with Crippen LogP contribution in [0.25, 0.3) is 4.72 Å². The minimum atomic E-state index is -3.95. The standard InChI is InChI=1S/C20H18N3O3S/c1-14-5-9-17(10-6-14)23-27(25,26)19-12-16(8-7-15(19)2)20(24)22-18-4-3-11-21-13-18/h3-13H,1-2H3,(H,22,24)/q-1/p+1. The van der Waals surface area contributed by atoms with Crippen LogP contribution in [0, 0.1) is 13.8 Å². The third-order valence-electron chi connectivity index (χ3n) is 3.95. The highest BCUT2D eigenvalue weighted by molar-refractivity contribution is 7.94. The molecule has 3 rings (SSSR count). The third kappa shape index (κ3) is 4.51. The summed E-state index contributed by atoms with van der Waals surface area (Å²) < 4.78 is 29.4. The van der Waals surface area contributed by atoms with E-state index in [0.29, 0.717) is 16.9 Å². The first-order valence-corrected chi connectivity index (χ1v) is 9.72. The molecular weight excluding hydrogens is 362 g/mol. The number of benzene rings is 2. The number of nitrogens with one attached hydrogen (secondary N) is 2. The molecule has 0 saturated heterocycles. The van der Waals surface area contributed by atoms with Gasteiger partial charge in [0.25, 0.3) is 5.91 Å². The van der Waals surface area contributed by atoms with Crippen LogP contribution in [0.15, 0.2) is 71.9 Å². The van der Waals surface area contributed by atoms with Gasteiger partial charge in [-0.05, 0) is 37.6 Å². The number of aryl methyl sites for hydroxylation is 2. The Balaban J connectivity index is 1.88. The fourth-order valence-electron chi connectivity index (χ4n) is 2.49. The Labute approximate surface area is 158 Å². The molecule has 1 amide bonds. The van der Waals surface area contributed by atoms with Crippen LogP contribution >= 0.6 is 0 Å². The van der Waals surface area contributed by atoms with Gasteiger partial charge in [-0.15, -0.1) is 5.69 Å². The third-order valence-corrected chi connectivity index (χ3v) is 5.40. The fourth-order valence-corrected chi connectivity index (χ4v) is 3.74. The number of sulfonamides is 1. The summed E-state index contributed by atoms with van der Waals surface area (Å²) in [5.41, 5.74) is 2.70. The topological polar surface area (TPSA) is 91.5 Å². The van der Waals surface area contributed by atoms with Gasteiger partial charge < -0.3 is 10.0 Å². The molecule has 0 bridgehead atoms. The molecule has 1 aromatic heterocycles. The van der Waals surface area contributed by atoms with Crippen LogP contribution in [0.5, 0.6) is 0 Å². The van der Waals surface area contributed by atoms with Gasteiger partial charge in [-0.2, -0.15) is 0 Å². The van der Waals surface area contributed by atoms with Crippen LogP contribution in [-0.4, -0.2) is 14.3 Å². The summed E-state index contributed by atoms with van der Waals surface area (Å²) >= 11 is 0. The maximum atomic E-state index is 12.7. The first-order chi connectivity index (χ1) is 12.8. The van der Waals surface area contributed by atoms with E-state index >= 15 is 0 Å². The molecule has 0 atom stereocenters. The largest absolute Gasteiger partial charge is 0.573 e. The van der Waals surface area contributed by atoms with E-state index in [9.17, 15) is 13.2 Å². The number of rotatable bonds is 5. The Morgan fingerprint density at radius 3 is 2.44 bits per heavy atom. The van der Waals surface area contributed by atoms with Crippen molar-refractivity contribution in [1.29, 1.82) is 0 Å². The van der Waals surface area contributed by atoms with Gasteiger partial charge in [-0.25, -0.2) is 13.4 Å². The van der Waals surface area contributed by atoms with Gasteiger partial charge in [0.15, 0.2) is 12.4 Å². The fraction of sp³-hybridized carbons (Fsp3) is 0.100. The van der Waals surface area contributed by atoms with Gasteiger partial charge in [0, 0.05) is 11.6 Å². The minimum absolute atomic E-state index is 0.00958. The first-order valence-electron chi connectivity index (χ1n) is 8.28. The average Bonchev–Trinajstić information content (AvgIpc) is 2.64. The molecule has 0 aliphatic heterocycles. The zero-order chi connectivity index (χ0) is 19.4. The molecule has 0 spiro atoms. The first kappa shape index (κ1) is 18.6. The minimum Gasteiger partial charge on any atom is -0.573 e. The molecule has 27 heavy (non-hydrogen) atoms. The van der Waals surface area contributed by atoms with E-state index in [-0.39, 0.29) is 10.5 Å². The molecule has 1 heterocycles. The van der Waals surface area contributed by atoms with E-state index in [2.05, 4.69) is 15.0 Å². The summed E-state index contributed by atoms with van der Waals surface area (Å²) in [5.74, 6) is -0.401. The summed E-state index contributed by atoms with van der Waals surface area (Å²) in [6, 6.07) is 14.9. The van der Waals surface area contributed by atoms with Crippen LogP contribution in [-0.2, 0) is 10.0 Å². The second-order valence-electron chi connectivity index (χ2n) is 6.13. The predicted molar refractivity (Wildman–Crippen MR) is 104 cm³/mol. The van der Waals surface area contributed by atoms with Crippen molar-refractivity contribution in [3.63, 3.8) is 0 Å². The molecule has 2 N–H and O–H groups in total. The van der Waals surface area contributed by atoms with Gasteiger partial charge in [-0.1, -0.05) is 35.9 Å². The molecule has 3 aromatic rings. The molecule has 0 fully saturated rings. The lowest BCUT2D eigenvalue weighted by molar-refractivity contribution is -0.377. The number of H-pyrrole nitrogens is 1. The van der Waals surface area contributed by atoms with Crippen molar-refractivity contribution in [3.8, 4) is 0 Å². The number of carbonyl (C=O) groups is 1. The highest BCUT2D eigenvalue weighted by atomic mass is 32.2. The van der Waals surface area contributed by atoms with Gasteiger partial charge in [0.2, 0.25) is 0 Å². The summed E-state index contributed by atoms with van der Waals surface area (Å²) in [6.45, 7) is 3.58. The SMILES string of the molecule is Cc1ccc([N-]S(=O)(=O)c2cc(C(=O)Nc3ccc[nH+]c3)ccc2C)cc1. The van der Waals surface area contributed by atoms with Crippen LogP contribution < -0.4 is 10.3 Å². The molecule has 138 valence electrons. The van der Waals surface area contributed by atoms with Gasteiger partial charge in [0.05, 0.1) is 4.90 Å². The van der Waals surface area contributed by atoms with E-state index < -0.39 is 15.9 Å². The average molecular weight is 381 g/mol. The Morgan fingerprint density at radius 1 is 1.04 bits per heavy atom. The zero-order valence-electron chi connectivity index (χ0n) is 14.9. The van der Waals surface area contributed by atoms with Crippen LogP contribution in [0.2, 0.25) is 0 Å². The normalized spacial score (nSPS) is 11.0. The zero-order valence-corrected chi connectivity index (χ0v) is 15.7. The van der Waals surface area contributed by atoms with Gasteiger partial charge in [-0.3, -0.25) is 4.79 Å². The van der Waals surface area contributed by atoms with E-state index in [1.54, 1.807) is 67.8 Å². The molecule has 7 heteroatoms. The highest BCUT2D eigenvalue weighted by Gasteiger charge is 2.14. The number of aromatic amines is 1. The predicted octanol–water partition coefficient (Wildman–Crippen LogP) is 3.76. The quantitative estimate of drug-likeness (QED) is 0.729. The number of nitrogens with zero attached hydrogens (tertiary/aromatic N) is 1. The van der Waals surface area contributed by atoms with E-state index in [4.69, 9.17) is 0 Å². The summed E-state index contributed by atoms with van der Waals surface area (Å²) in [4.78, 5) is 15.3. The van der Waals surface area contributed by atoms with Crippen LogP contribution in [0.1, 0.15) is 21.5 Å². The second-order valence-corrected chi connectivity index (χ2v) is 7.70. The lowest BCUT2D eigenvalue weighted by Crippen LogP contribution is -2.14. The van der Waals surface area contributed by atoms with Gasteiger partial charge in [0.1, 0.15) is 15.7 Å². The summed E-state index contributed by atoms with van der Waals surface area (Å²) in [7, 11) is -3.95. The molecule has 0 aliphatic carbocycles. The van der Waals surface area contributed by atoms with Crippen LogP contribution in [0.3, 0.4) is 0 Å². The van der Waals surface area contributed by atoms with E-state index in [0.717, 1.165) is 5.56 Å². The number of amides is 1. The van der Waals surface area contributed by atoms with Crippen molar-refractivity contribution in [3.05, 3.63) is 88.4 Å². The van der Waals surface area contributed by atoms with Crippen LogP contribution in [0.4, 0.5) is 11.4 Å². The summed E-state index contributed by atoms with van der Waals surface area (Å²) in [5, 5.41) is 2.72. The van der Waals surface area contributed by atoms with Crippen molar-refractivity contribution < 1.29 is 18.2 Å². The Morgan fingerprint density at radius 2 is 1.78 bits per heavy atom. The number of aromatic nitrogens is 1. The lowest BCUT2D eigenvalue weighted by atomic mass is 10.1. The Kier molecular flexibility index (Phi) is 5.23. The summed E-state index contributed by atoms with van der Waals surface area (Å²) in [6.07, 6.45) is 3.36. The van der Waals surface area contributed by atoms with Gasteiger partial charge >= 0.3 is 0 Å². The van der Waals surface area contributed by atoms with Crippen molar-refractivity contribution in [1.82, 2.24) is 0 Å². The molecule has 0 aliphatic rings. The molecule has 0 saturated carbocycles.